The van der Waals surface area contributed by atoms with E-state index in [2.05, 4.69) is 34.4 Å². The molecule has 0 spiro atoms. The molecule has 0 fully saturated rings. The lowest BCUT2D eigenvalue weighted by molar-refractivity contribution is 0.252. The third-order valence-corrected chi connectivity index (χ3v) is 3.65. The Kier molecular flexibility index (Phi) is 7.66. The van der Waals surface area contributed by atoms with E-state index in [0.717, 1.165) is 28.9 Å². The smallest absolute Gasteiger partial charge is 0.319 e. The van der Waals surface area contributed by atoms with Crippen LogP contribution in [0.25, 0.3) is 0 Å². The number of nitrogens with one attached hydrogen (secondary N) is 4. The first-order valence-electron chi connectivity index (χ1n) is 8.60. The second-order valence-corrected chi connectivity index (χ2v) is 5.82. The first-order chi connectivity index (χ1) is 13.1. The summed E-state index contributed by atoms with van der Waals surface area (Å²) in [6, 6.07) is 14.8. The van der Waals surface area contributed by atoms with Crippen LogP contribution >= 0.6 is 0 Å². The van der Waals surface area contributed by atoms with E-state index in [4.69, 9.17) is 0 Å². The van der Waals surface area contributed by atoms with Crippen molar-refractivity contribution >= 4 is 23.4 Å². The standard InChI is InChI=1S/C21H24N4O2/c1-3-13-22-20(26)24-18-9-5-16(6-10-18)15-17-7-11-19(12-8-17)25-21(27)23-14-4-2/h3-12H,1-2,13-15H2,(H2,22,24,26)(H2,23,25,27). The molecule has 0 aromatic heterocycles. The number of amides is 4. The number of carbonyl (C=O) groups is 2. The second-order valence-electron chi connectivity index (χ2n) is 5.82. The maximum Gasteiger partial charge on any atom is 0.319 e. The molecule has 0 heterocycles. The minimum absolute atomic E-state index is 0.261. The summed E-state index contributed by atoms with van der Waals surface area (Å²) in [6.07, 6.45) is 4.00. The zero-order valence-corrected chi connectivity index (χ0v) is 15.1. The summed E-state index contributed by atoms with van der Waals surface area (Å²) >= 11 is 0. The average Bonchev–Trinajstić information content (AvgIpc) is 2.68. The molecule has 0 aliphatic heterocycles. The predicted molar refractivity (Wildman–Crippen MR) is 110 cm³/mol. The van der Waals surface area contributed by atoms with Gasteiger partial charge in [-0.3, -0.25) is 0 Å². The van der Waals surface area contributed by atoms with Gasteiger partial charge in [0.05, 0.1) is 0 Å². The van der Waals surface area contributed by atoms with Gasteiger partial charge in [0.1, 0.15) is 0 Å². The summed E-state index contributed by atoms with van der Waals surface area (Å²) in [5, 5.41) is 10.8. The summed E-state index contributed by atoms with van der Waals surface area (Å²) in [6.45, 7) is 7.95. The van der Waals surface area contributed by atoms with Crippen molar-refractivity contribution in [3.8, 4) is 0 Å². The SMILES string of the molecule is C=CCNC(=O)Nc1ccc(Cc2ccc(NC(=O)NCC=C)cc2)cc1. The van der Waals surface area contributed by atoms with Gasteiger partial charge >= 0.3 is 12.1 Å². The Hall–Kier alpha value is -3.54. The summed E-state index contributed by atoms with van der Waals surface area (Å²) in [7, 11) is 0. The molecule has 0 atom stereocenters. The van der Waals surface area contributed by atoms with Gasteiger partial charge in [-0.2, -0.15) is 0 Å². The van der Waals surface area contributed by atoms with Gasteiger partial charge < -0.3 is 21.3 Å². The van der Waals surface area contributed by atoms with E-state index in [1.165, 1.54) is 0 Å². The number of hydrogen-bond acceptors (Lipinski definition) is 2. The maximum atomic E-state index is 11.6. The van der Waals surface area contributed by atoms with E-state index in [1.807, 2.05) is 48.5 Å². The van der Waals surface area contributed by atoms with Gasteiger partial charge in [0.2, 0.25) is 0 Å². The molecule has 0 aliphatic rings. The first-order valence-corrected chi connectivity index (χ1v) is 8.60. The molecule has 2 aromatic carbocycles. The highest BCUT2D eigenvalue weighted by atomic mass is 16.2. The third-order valence-electron chi connectivity index (χ3n) is 3.65. The number of benzene rings is 2. The zero-order chi connectivity index (χ0) is 19.5. The molecule has 2 rings (SSSR count). The van der Waals surface area contributed by atoms with Crippen LogP contribution in [0, 0.1) is 0 Å². The van der Waals surface area contributed by atoms with Crippen molar-refractivity contribution in [1.82, 2.24) is 10.6 Å². The molecule has 0 saturated carbocycles. The molecule has 0 radical (unpaired) electrons. The lowest BCUT2D eigenvalue weighted by atomic mass is 10.0. The number of rotatable bonds is 8. The molecular weight excluding hydrogens is 340 g/mol. The van der Waals surface area contributed by atoms with E-state index in [-0.39, 0.29) is 12.1 Å². The molecule has 27 heavy (non-hydrogen) atoms. The Labute approximate surface area is 159 Å². The fourth-order valence-corrected chi connectivity index (χ4v) is 2.33. The topological polar surface area (TPSA) is 82.3 Å². The van der Waals surface area contributed by atoms with Gasteiger partial charge in [-0.1, -0.05) is 36.4 Å². The van der Waals surface area contributed by atoms with E-state index < -0.39 is 0 Å². The monoisotopic (exact) mass is 364 g/mol. The Balaban J connectivity index is 1.87. The van der Waals surface area contributed by atoms with Gasteiger partial charge in [-0.05, 0) is 41.8 Å². The Bertz CT molecular complexity index is 715. The highest BCUT2D eigenvalue weighted by Crippen LogP contribution is 2.16. The largest absolute Gasteiger partial charge is 0.334 e. The average molecular weight is 364 g/mol. The minimum Gasteiger partial charge on any atom is -0.334 e. The van der Waals surface area contributed by atoms with Crippen molar-refractivity contribution in [2.75, 3.05) is 23.7 Å². The molecule has 4 amide bonds. The highest BCUT2D eigenvalue weighted by Gasteiger charge is 2.03. The van der Waals surface area contributed by atoms with Crippen LogP contribution in [0.15, 0.2) is 73.8 Å². The molecule has 0 unspecified atom stereocenters. The number of urea groups is 2. The van der Waals surface area contributed by atoms with E-state index in [1.54, 1.807) is 12.2 Å². The minimum atomic E-state index is -0.261. The van der Waals surface area contributed by atoms with Gasteiger partial charge in [0.15, 0.2) is 0 Å². The van der Waals surface area contributed by atoms with Crippen molar-refractivity contribution < 1.29 is 9.59 Å². The third kappa shape index (κ3) is 7.07. The van der Waals surface area contributed by atoms with Gasteiger partial charge in [-0.25, -0.2) is 9.59 Å². The first kappa shape index (κ1) is 19.8. The maximum absolute atomic E-state index is 11.6. The number of hydrogen-bond donors (Lipinski definition) is 4. The van der Waals surface area contributed by atoms with Crippen molar-refractivity contribution in [1.29, 1.82) is 0 Å². The Morgan fingerprint density at radius 1 is 0.704 bits per heavy atom. The summed E-state index contributed by atoms with van der Waals surface area (Å²) in [5.74, 6) is 0. The normalized spacial score (nSPS) is 9.78. The van der Waals surface area contributed by atoms with Crippen LogP contribution in [0.4, 0.5) is 21.0 Å². The van der Waals surface area contributed by atoms with Crippen molar-refractivity contribution in [2.45, 2.75) is 6.42 Å². The predicted octanol–water partition coefficient (Wildman–Crippen LogP) is 3.89. The van der Waals surface area contributed by atoms with Crippen LogP contribution in [-0.2, 0) is 6.42 Å². The highest BCUT2D eigenvalue weighted by molar-refractivity contribution is 5.89. The summed E-state index contributed by atoms with van der Waals surface area (Å²) in [4.78, 5) is 23.2. The zero-order valence-electron chi connectivity index (χ0n) is 15.1. The van der Waals surface area contributed by atoms with Crippen LogP contribution in [0.5, 0.6) is 0 Å². The van der Waals surface area contributed by atoms with E-state index >= 15 is 0 Å². The number of anilines is 2. The molecule has 140 valence electrons. The lowest BCUT2D eigenvalue weighted by Gasteiger charge is -2.09. The van der Waals surface area contributed by atoms with Gasteiger partial charge in [0.25, 0.3) is 0 Å². The molecule has 0 saturated heterocycles. The second kappa shape index (κ2) is 10.5. The fourth-order valence-electron chi connectivity index (χ4n) is 2.33. The molecule has 4 N–H and O–H groups in total. The fraction of sp³-hybridized carbons (Fsp3) is 0.143. The summed E-state index contributed by atoms with van der Waals surface area (Å²) < 4.78 is 0. The Morgan fingerprint density at radius 2 is 1.07 bits per heavy atom. The van der Waals surface area contributed by atoms with Crippen molar-refractivity contribution in [3.05, 3.63) is 85.0 Å². The van der Waals surface area contributed by atoms with Crippen LogP contribution in [0.2, 0.25) is 0 Å². The van der Waals surface area contributed by atoms with Crippen LogP contribution in [0.3, 0.4) is 0 Å². The Morgan fingerprint density at radius 3 is 1.41 bits per heavy atom. The van der Waals surface area contributed by atoms with Crippen LogP contribution in [0.1, 0.15) is 11.1 Å². The van der Waals surface area contributed by atoms with Crippen LogP contribution in [-0.4, -0.2) is 25.2 Å². The van der Waals surface area contributed by atoms with Crippen molar-refractivity contribution in [2.24, 2.45) is 0 Å². The summed E-state index contributed by atoms with van der Waals surface area (Å²) in [5.41, 5.74) is 3.70. The molecule has 2 aromatic rings. The molecule has 6 heteroatoms. The van der Waals surface area contributed by atoms with E-state index in [0.29, 0.717) is 13.1 Å². The van der Waals surface area contributed by atoms with E-state index in [9.17, 15) is 9.59 Å². The van der Waals surface area contributed by atoms with Crippen LogP contribution < -0.4 is 21.3 Å². The molecule has 6 nitrogen and oxygen atoms in total. The molecular formula is C21H24N4O2. The molecule has 0 aliphatic carbocycles. The van der Waals surface area contributed by atoms with Gasteiger partial charge in [-0.15, -0.1) is 13.2 Å². The van der Waals surface area contributed by atoms with Crippen molar-refractivity contribution in [3.63, 3.8) is 0 Å². The molecule has 0 bridgehead atoms. The number of carbonyl (C=O) groups excluding carboxylic acids is 2. The lowest BCUT2D eigenvalue weighted by Crippen LogP contribution is -2.28. The van der Waals surface area contributed by atoms with Gasteiger partial charge in [0, 0.05) is 24.5 Å². The quantitative estimate of drug-likeness (QED) is 0.536.